The Morgan fingerprint density at radius 2 is 1.62 bits per heavy atom. The fourth-order valence-electron chi connectivity index (χ4n) is 4.38. The van der Waals surface area contributed by atoms with Crippen LogP contribution < -0.4 is 0 Å². The predicted molar refractivity (Wildman–Crippen MR) is 104 cm³/mol. The van der Waals surface area contributed by atoms with E-state index in [1.807, 2.05) is 11.0 Å². The molecule has 2 heterocycles. The first-order valence-electron chi connectivity index (χ1n) is 9.88. The Balaban J connectivity index is 1.65. The molecule has 0 radical (unpaired) electrons. The molecule has 0 atom stereocenters. The van der Waals surface area contributed by atoms with Gasteiger partial charge in [-0.1, -0.05) is 19.3 Å². The summed E-state index contributed by atoms with van der Waals surface area (Å²) in [5, 5.41) is 0. The van der Waals surface area contributed by atoms with Gasteiger partial charge < -0.3 is 14.4 Å². The Kier molecular flexibility index (Phi) is 5.84. The molecule has 2 aliphatic rings. The van der Waals surface area contributed by atoms with Gasteiger partial charge in [0.2, 0.25) is 11.8 Å². The smallest absolute Gasteiger partial charge is 0.246 e. The summed E-state index contributed by atoms with van der Waals surface area (Å²) in [4.78, 5) is 27.5. The number of aryl methyl sites for hydroxylation is 1. The third-order valence-electron chi connectivity index (χ3n) is 5.91. The highest BCUT2D eigenvalue weighted by Crippen LogP contribution is 2.32. The summed E-state index contributed by atoms with van der Waals surface area (Å²) in [6.07, 6.45) is 10.2. The van der Waals surface area contributed by atoms with Crippen molar-refractivity contribution in [1.82, 2.24) is 14.4 Å². The van der Waals surface area contributed by atoms with Gasteiger partial charge in [-0.15, -0.1) is 0 Å². The Bertz CT molecular complexity index is 690. The van der Waals surface area contributed by atoms with Gasteiger partial charge in [-0.25, -0.2) is 0 Å². The van der Waals surface area contributed by atoms with Gasteiger partial charge in [-0.05, 0) is 44.4 Å². The first kappa shape index (κ1) is 18.7. The lowest BCUT2D eigenvalue weighted by Gasteiger charge is -2.33. The summed E-state index contributed by atoms with van der Waals surface area (Å²) in [5.74, 6) is 0.124. The zero-order chi connectivity index (χ0) is 18.7. The lowest BCUT2D eigenvalue weighted by atomic mass is 9.95. The summed E-state index contributed by atoms with van der Waals surface area (Å²) in [7, 11) is 0. The van der Waals surface area contributed by atoms with Crippen molar-refractivity contribution in [1.29, 1.82) is 0 Å². The topological polar surface area (TPSA) is 45.6 Å². The second-order valence-electron chi connectivity index (χ2n) is 7.65. The molecule has 2 fully saturated rings. The Hall–Kier alpha value is -2.04. The van der Waals surface area contributed by atoms with Crippen molar-refractivity contribution >= 4 is 17.9 Å². The van der Waals surface area contributed by atoms with Crippen LogP contribution in [0.15, 0.2) is 12.1 Å². The highest BCUT2D eigenvalue weighted by atomic mass is 16.2. The van der Waals surface area contributed by atoms with Crippen molar-refractivity contribution in [2.45, 2.75) is 58.9 Å². The quantitative estimate of drug-likeness (QED) is 0.779. The maximum absolute atomic E-state index is 12.5. The van der Waals surface area contributed by atoms with Crippen molar-refractivity contribution in [3.63, 3.8) is 0 Å². The van der Waals surface area contributed by atoms with E-state index in [1.165, 1.54) is 43.5 Å². The summed E-state index contributed by atoms with van der Waals surface area (Å²) in [6, 6.07) is 2.81. The third-order valence-corrected chi connectivity index (χ3v) is 5.91. The number of hydrogen-bond acceptors (Lipinski definition) is 2. The fraction of sp³-hybridized carbons (Fsp3) is 0.619. The van der Waals surface area contributed by atoms with Crippen LogP contribution in [0.5, 0.6) is 0 Å². The number of carbonyl (C=O) groups excluding carboxylic acids is 2. The number of aromatic nitrogens is 1. The summed E-state index contributed by atoms with van der Waals surface area (Å²) < 4.78 is 2.47. The van der Waals surface area contributed by atoms with E-state index < -0.39 is 0 Å². The summed E-state index contributed by atoms with van der Waals surface area (Å²) >= 11 is 0. The van der Waals surface area contributed by atoms with E-state index in [4.69, 9.17) is 0 Å². The van der Waals surface area contributed by atoms with Crippen LogP contribution in [0.2, 0.25) is 0 Å². The average molecular weight is 357 g/mol. The normalized spacial score (nSPS) is 19.3. The van der Waals surface area contributed by atoms with E-state index >= 15 is 0 Å². The van der Waals surface area contributed by atoms with E-state index in [0.717, 1.165) is 5.56 Å². The number of nitrogens with zero attached hydrogens (tertiary/aromatic N) is 3. The molecule has 0 bridgehead atoms. The second kappa shape index (κ2) is 8.11. The molecule has 0 unspecified atom stereocenters. The first-order chi connectivity index (χ1) is 12.5. The van der Waals surface area contributed by atoms with Gasteiger partial charge >= 0.3 is 0 Å². The van der Waals surface area contributed by atoms with Crippen molar-refractivity contribution < 1.29 is 9.59 Å². The van der Waals surface area contributed by atoms with Crippen LogP contribution in [0.4, 0.5) is 0 Å². The Morgan fingerprint density at radius 3 is 2.23 bits per heavy atom. The minimum Gasteiger partial charge on any atom is -0.346 e. The van der Waals surface area contributed by atoms with Gasteiger partial charge in [0.25, 0.3) is 0 Å². The second-order valence-corrected chi connectivity index (χ2v) is 7.65. The average Bonchev–Trinajstić information content (AvgIpc) is 2.94. The van der Waals surface area contributed by atoms with Crippen LogP contribution in [0.1, 0.15) is 62.0 Å². The van der Waals surface area contributed by atoms with Crippen LogP contribution in [0.25, 0.3) is 6.08 Å². The lowest BCUT2D eigenvalue weighted by molar-refractivity contribution is -0.135. The van der Waals surface area contributed by atoms with E-state index in [-0.39, 0.29) is 11.8 Å². The van der Waals surface area contributed by atoms with Crippen LogP contribution in [-0.4, -0.2) is 52.4 Å². The molecule has 1 aliphatic carbocycles. The molecule has 5 heteroatoms. The minimum atomic E-state index is 0.0377. The number of piperazine rings is 1. The maximum Gasteiger partial charge on any atom is 0.246 e. The summed E-state index contributed by atoms with van der Waals surface area (Å²) in [6.45, 7) is 8.41. The monoisotopic (exact) mass is 357 g/mol. The molecule has 2 amide bonds. The molecular formula is C21H31N3O2. The number of rotatable bonds is 3. The van der Waals surface area contributed by atoms with Gasteiger partial charge in [0, 0.05) is 56.6 Å². The summed E-state index contributed by atoms with van der Waals surface area (Å²) in [5.41, 5.74) is 3.69. The van der Waals surface area contributed by atoms with Gasteiger partial charge in [0.1, 0.15) is 0 Å². The molecule has 1 saturated carbocycles. The van der Waals surface area contributed by atoms with Crippen molar-refractivity contribution in [3.05, 3.63) is 29.1 Å². The minimum absolute atomic E-state index is 0.0377. The standard InChI is InChI=1S/C21H31N3O2/c1-16-15-19(17(2)24(16)20-7-5-4-6-8-20)9-10-21(26)23-13-11-22(12-14-23)18(3)25/h9-10,15,20H,4-8,11-14H2,1-3H3/b10-9+. The van der Waals surface area contributed by atoms with Gasteiger partial charge in [-0.2, -0.15) is 0 Å². The van der Waals surface area contributed by atoms with E-state index in [2.05, 4.69) is 24.5 Å². The molecule has 1 aromatic heterocycles. The van der Waals surface area contributed by atoms with Crippen LogP contribution >= 0.6 is 0 Å². The largest absolute Gasteiger partial charge is 0.346 e. The lowest BCUT2D eigenvalue weighted by Crippen LogP contribution is -2.49. The van der Waals surface area contributed by atoms with E-state index in [1.54, 1.807) is 17.9 Å². The molecule has 0 N–H and O–H groups in total. The van der Waals surface area contributed by atoms with E-state index in [0.29, 0.717) is 32.2 Å². The maximum atomic E-state index is 12.5. The molecule has 0 spiro atoms. The van der Waals surface area contributed by atoms with E-state index in [9.17, 15) is 9.59 Å². The van der Waals surface area contributed by atoms with Crippen molar-refractivity contribution in [2.75, 3.05) is 26.2 Å². The number of hydrogen-bond donors (Lipinski definition) is 0. The molecule has 3 rings (SSSR count). The SMILES string of the molecule is CC(=O)N1CCN(C(=O)/C=C/c2cc(C)n(C3CCCCC3)c2C)CC1. The van der Waals surface area contributed by atoms with Crippen molar-refractivity contribution in [3.8, 4) is 0 Å². The molecule has 1 aromatic rings. The number of amides is 2. The Labute approximate surface area is 156 Å². The zero-order valence-corrected chi connectivity index (χ0v) is 16.3. The molecular weight excluding hydrogens is 326 g/mol. The van der Waals surface area contributed by atoms with Crippen LogP contribution in [0.3, 0.4) is 0 Å². The van der Waals surface area contributed by atoms with Crippen LogP contribution in [0, 0.1) is 13.8 Å². The molecule has 1 saturated heterocycles. The zero-order valence-electron chi connectivity index (χ0n) is 16.3. The Morgan fingerprint density at radius 1 is 1.00 bits per heavy atom. The highest BCUT2D eigenvalue weighted by Gasteiger charge is 2.22. The predicted octanol–water partition coefficient (Wildman–Crippen LogP) is 3.31. The number of carbonyl (C=O) groups is 2. The van der Waals surface area contributed by atoms with Gasteiger partial charge in [-0.3, -0.25) is 9.59 Å². The molecule has 0 aromatic carbocycles. The molecule has 1 aliphatic heterocycles. The highest BCUT2D eigenvalue weighted by molar-refractivity contribution is 5.92. The molecule has 26 heavy (non-hydrogen) atoms. The van der Waals surface area contributed by atoms with Gasteiger partial charge in [0.05, 0.1) is 0 Å². The fourth-order valence-corrected chi connectivity index (χ4v) is 4.38. The third kappa shape index (κ3) is 4.02. The van der Waals surface area contributed by atoms with Crippen LogP contribution in [-0.2, 0) is 9.59 Å². The first-order valence-corrected chi connectivity index (χ1v) is 9.88. The van der Waals surface area contributed by atoms with Gasteiger partial charge in [0.15, 0.2) is 0 Å². The van der Waals surface area contributed by atoms with Crippen molar-refractivity contribution in [2.24, 2.45) is 0 Å². The molecule has 5 nitrogen and oxygen atoms in total. The molecule has 142 valence electrons.